The van der Waals surface area contributed by atoms with E-state index in [2.05, 4.69) is 5.32 Å². The highest BCUT2D eigenvalue weighted by molar-refractivity contribution is 6.34. The Labute approximate surface area is 120 Å². The largest absolute Gasteiger partial charge is 0.399 e. The van der Waals surface area contributed by atoms with E-state index < -0.39 is 5.91 Å². The van der Waals surface area contributed by atoms with Crippen molar-refractivity contribution in [1.29, 1.82) is 0 Å². The molecule has 98 valence electrons. The molecule has 0 atom stereocenters. The molecular formula is C13H11Cl2N3O. The van der Waals surface area contributed by atoms with Crippen LogP contribution in [0.5, 0.6) is 0 Å². The normalized spacial score (nSPS) is 10.2. The van der Waals surface area contributed by atoms with Crippen molar-refractivity contribution in [2.24, 2.45) is 5.73 Å². The third kappa shape index (κ3) is 3.10. The molecule has 0 unspecified atom stereocenters. The molecule has 0 radical (unpaired) electrons. The van der Waals surface area contributed by atoms with Crippen molar-refractivity contribution in [3.05, 3.63) is 52.0 Å². The van der Waals surface area contributed by atoms with Crippen LogP contribution in [0.4, 0.5) is 17.1 Å². The Morgan fingerprint density at radius 2 is 1.79 bits per heavy atom. The molecule has 2 aromatic rings. The van der Waals surface area contributed by atoms with Gasteiger partial charge in [0.15, 0.2) is 0 Å². The molecule has 0 saturated heterocycles. The van der Waals surface area contributed by atoms with Crippen LogP contribution in [0.25, 0.3) is 0 Å². The number of nitrogens with two attached hydrogens (primary N) is 2. The number of hydrogen-bond donors (Lipinski definition) is 3. The van der Waals surface area contributed by atoms with Crippen molar-refractivity contribution in [1.82, 2.24) is 0 Å². The molecule has 1 amide bonds. The molecule has 0 aromatic heterocycles. The number of rotatable bonds is 3. The Hall–Kier alpha value is -1.91. The fourth-order valence-electron chi connectivity index (χ4n) is 1.59. The molecular weight excluding hydrogens is 285 g/mol. The van der Waals surface area contributed by atoms with Gasteiger partial charge in [-0.2, -0.15) is 0 Å². The molecule has 0 heterocycles. The topological polar surface area (TPSA) is 81.1 Å². The first-order valence-electron chi connectivity index (χ1n) is 5.39. The number of carbonyl (C=O) groups excluding carboxylic acids is 1. The van der Waals surface area contributed by atoms with Crippen molar-refractivity contribution in [2.75, 3.05) is 11.1 Å². The molecule has 6 heteroatoms. The molecule has 5 N–H and O–H groups in total. The van der Waals surface area contributed by atoms with Crippen molar-refractivity contribution in [3.8, 4) is 0 Å². The number of primary amides is 1. The number of amides is 1. The van der Waals surface area contributed by atoms with Crippen molar-refractivity contribution in [3.63, 3.8) is 0 Å². The number of hydrogen-bond acceptors (Lipinski definition) is 3. The molecule has 0 fully saturated rings. The van der Waals surface area contributed by atoms with E-state index in [9.17, 15) is 4.79 Å². The average Bonchev–Trinajstić information content (AvgIpc) is 2.33. The zero-order chi connectivity index (χ0) is 14.0. The highest BCUT2D eigenvalue weighted by atomic mass is 35.5. The molecule has 0 aliphatic heterocycles. The van der Waals surface area contributed by atoms with E-state index >= 15 is 0 Å². The van der Waals surface area contributed by atoms with Crippen LogP contribution in [0.3, 0.4) is 0 Å². The number of benzene rings is 2. The van der Waals surface area contributed by atoms with Gasteiger partial charge in [0, 0.05) is 11.4 Å². The van der Waals surface area contributed by atoms with E-state index in [-0.39, 0.29) is 10.6 Å². The van der Waals surface area contributed by atoms with Crippen molar-refractivity contribution < 1.29 is 4.79 Å². The Morgan fingerprint density at radius 3 is 2.42 bits per heavy atom. The monoisotopic (exact) mass is 295 g/mol. The Kier molecular flexibility index (Phi) is 3.83. The van der Waals surface area contributed by atoms with E-state index in [1.54, 1.807) is 36.4 Å². The number of nitrogen functional groups attached to an aromatic ring is 1. The Balaban J connectivity index is 2.31. The summed E-state index contributed by atoms with van der Waals surface area (Å²) in [7, 11) is 0. The maximum absolute atomic E-state index is 11.1. The molecule has 0 aliphatic rings. The fraction of sp³-hybridized carbons (Fsp3) is 0. The number of halogens is 2. The summed E-state index contributed by atoms with van der Waals surface area (Å²) in [5.41, 5.74) is 13.1. The summed E-state index contributed by atoms with van der Waals surface area (Å²) in [4.78, 5) is 11.1. The molecule has 0 bridgehead atoms. The average molecular weight is 296 g/mol. The van der Waals surface area contributed by atoms with E-state index in [0.29, 0.717) is 22.1 Å². The standard InChI is InChI=1S/C13H11Cl2N3O/c14-10-4-1-7(16)5-12(10)18-8-2-3-9(13(17)19)11(15)6-8/h1-6,18H,16H2,(H2,17,19). The van der Waals surface area contributed by atoms with Crippen molar-refractivity contribution in [2.45, 2.75) is 0 Å². The third-order valence-corrected chi connectivity index (χ3v) is 3.15. The second-order valence-corrected chi connectivity index (χ2v) is 4.74. The first-order valence-corrected chi connectivity index (χ1v) is 6.14. The van der Waals surface area contributed by atoms with Gasteiger partial charge >= 0.3 is 0 Å². The first-order chi connectivity index (χ1) is 8.97. The predicted molar refractivity (Wildman–Crippen MR) is 79.1 cm³/mol. The lowest BCUT2D eigenvalue weighted by atomic mass is 10.2. The van der Waals surface area contributed by atoms with Crippen LogP contribution in [-0.4, -0.2) is 5.91 Å². The van der Waals surface area contributed by atoms with Crippen LogP contribution in [-0.2, 0) is 0 Å². The maximum Gasteiger partial charge on any atom is 0.250 e. The lowest BCUT2D eigenvalue weighted by Crippen LogP contribution is -2.11. The molecule has 0 aliphatic carbocycles. The quantitative estimate of drug-likeness (QED) is 0.759. The number of nitrogens with one attached hydrogen (secondary N) is 1. The van der Waals surface area contributed by atoms with Gasteiger partial charge in [-0.3, -0.25) is 4.79 Å². The minimum Gasteiger partial charge on any atom is -0.399 e. The second-order valence-electron chi connectivity index (χ2n) is 3.92. The van der Waals surface area contributed by atoms with Crippen molar-refractivity contribution >= 4 is 46.2 Å². The number of anilines is 3. The summed E-state index contributed by atoms with van der Waals surface area (Å²) in [5.74, 6) is -0.571. The summed E-state index contributed by atoms with van der Waals surface area (Å²) in [5, 5.41) is 3.88. The molecule has 19 heavy (non-hydrogen) atoms. The predicted octanol–water partition coefficient (Wildman–Crippen LogP) is 3.42. The zero-order valence-electron chi connectivity index (χ0n) is 9.78. The van der Waals surface area contributed by atoms with E-state index in [0.717, 1.165) is 0 Å². The third-order valence-electron chi connectivity index (χ3n) is 2.50. The molecule has 2 rings (SSSR count). The van der Waals surface area contributed by atoms with Gasteiger partial charge in [-0.25, -0.2) is 0 Å². The Morgan fingerprint density at radius 1 is 1.05 bits per heavy atom. The van der Waals surface area contributed by atoms with Gasteiger partial charge in [-0.05, 0) is 36.4 Å². The highest BCUT2D eigenvalue weighted by Crippen LogP contribution is 2.29. The molecule has 0 saturated carbocycles. The van der Waals surface area contributed by atoms with Gasteiger partial charge in [0.25, 0.3) is 0 Å². The molecule has 4 nitrogen and oxygen atoms in total. The van der Waals surface area contributed by atoms with Crippen LogP contribution >= 0.6 is 23.2 Å². The summed E-state index contributed by atoms with van der Waals surface area (Å²) in [6.07, 6.45) is 0. The zero-order valence-corrected chi connectivity index (χ0v) is 11.3. The summed E-state index contributed by atoms with van der Waals surface area (Å²) in [6, 6.07) is 9.94. The van der Waals surface area contributed by atoms with E-state index in [1.165, 1.54) is 0 Å². The smallest absolute Gasteiger partial charge is 0.250 e. The molecule has 2 aromatic carbocycles. The van der Waals surface area contributed by atoms with Crippen LogP contribution in [0, 0.1) is 0 Å². The van der Waals surface area contributed by atoms with Gasteiger partial charge in [-0.15, -0.1) is 0 Å². The van der Waals surface area contributed by atoms with Gasteiger partial charge in [0.2, 0.25) is 5.91 Å². The summed E-state index contributed by atoms with van der Waals surface area (Å²) in [6.45, 7) is 0. The number of carbonyl (C=O) groups is 1. The fourth-order valence-corrected chi connectivity index (χ4v) is 2.03. The summed E-state index contributed by atoms with van der Waals surface area (Å²) >= 11 is 12.0. The first kappa shape index (κ1) is 13.5. The van der Waals surface area contributed by atoms with Crippen LogP contribution < -0.4 is 16.8 Å². The van der Waals surface area contributed by atoms with Gasteiger partial charge in [-0.1, -0.05) is 23.2 Å². The van der Waals surface area contributed by atoms with E-state index in [1.807, 2.05) is 0 Å². The van der Waals surface area contributed by atoms with Crippen LogP contribution in [0.1, 0.15) is 10.4 Å². The SMILES string of the molecule is NC(=O)c1ccc(Nc2cc(N)ccc2Cl)cc1Cl. The van der Waals surface area contributed by atoms with Crippen LogP contribution in [0.15, 0.2) is 36.4 Å². The lowest BCUT2D eigenvalue weighted by Gasteiger charge is -2.10. The van der Waals surface area contributed by atoms with E-state index in [4.69, 9.17) is 34.7 Å². The minimum absolute atomic E-state index is 0.269. The van der Waals surface area contributed by atoms with Gasteiger partial charge < -0.3 is 16.8 Å². The van der Waals surface area contributed by atoms with Gasteiger partial charge in [0.1, 0.15) is 0 Å². The maximum atomic E-state index is 11.1. The lowest BCUT2D eigenvalue weighted by molar-refractivity contribution is 0.100. The second kappa shape index (κ2) is 5.38. The van der Waals surface area contributed by atoms with Crippen LogP contribution in [0.2, 0.25) is 10.0 Å². The van der Waals surface area contributed by atoms with Gasteiger partial charge in [0.05, 0.1) is 21.3 Å². The highest BCUT2D eigenvalue weighted by Gasteiger charge is 2.08. The summed E-state index contributed by atoms with van der Waals surface area (Å²) < 4.78 is 0. The molecule has 0 spiro atoms. The minimum atomic E-state index is -0.571. The Bertz CT molecular complexity index is 644.